The van der Waals surface area contributed by atoms with Gasteiger partial charge in [0, 0.05) is 24.7 Å². The summed E-state index contributed by atoms with van der Waals surface area (Å²) >= 11 is 0. The van der Waals surface area contributed by atoms with Crippen LogP contribution in [0.3, 0.4) is 0 Å². The molecular formula is C22H26N2O4. The molecule has 0 bridgehead atoms. The van der Waals surface area contributed by atoms with Gasteiger partial charge in [-0.2, -0.15) is 0 Å². The van der Waals surface area contributed by atoms with Crippen LogP contribution in [0.25, 0.3) is 0 Å². The van der Waals surface area contributed by atoms with Crippen LogP contribution in [-0.2, 0) is 16.0 Å². The topological polar surface area (TPSA) is 67.9 Å². The molecule has 0 radical (unpaired) electrons. The zero-order chi connectivity index (χ0) is 20.3. The van der Waals surface area contributed by atoms with Crippen LogP contribution in [0.5, 0.6) is 11.5 Å². The van der Waals surface area contributed by atoms with E-state index in [2.05, 4.69) is 12.2 Å². The normalized spacial score (nSPS) is 16.2. The van der Waals surface area contributed by atoms with E-state index in [9.17, 15) is 9.59 Å². The number of nitrogens with zero attached hydrogens (tertiary/aromatic N) is 1. The second-order valence-corrected chi connectivity index (χ2v) is 6.90. The lowest BCUT2D eigenvalue weighted by molar-refractivity contribution is -0.122. The van der Waals surface area contributed by atoms with Gasteiger partial charge in [0.1, 0.15) is 11.5 Å². The van der Waals surface area contributed by atoms with E-state index >= 15 is 0 Å². The molecule has 2 amide bonds. The lowest BCUT2D eigenvalue weighted by Crippen LogP contribution is -2.29. The van der Waals surface area contributed by atoms with Gasteiger partial charge >= 0.3 is 0 Å². The molecular weight excluding hydrogens is 356 g/mol. The number of nitrogens with one attached hydrogen (secondary N) is 1. The van der Waals surface area contributed by atoms with Gasteiger partial charge in [0.05, 0.1) is 25.8 Å². The van der Waals surface area contributed by atoms with Crippen LogP contribution >= 0.6 is 0 Å². The quantitative estimate of drug-likeness (QED) is 0.829. The minimum atomic E-state index is -0.413. The van der Waals surface area contributed by atoms with E-state index in [4.69, 9.17) is 9.47 Å². The summed E-state index contributed by atoms with van der Waals surface area (Å²) < 4.78 is 10.5. The highest BCUT2D eigenvalue weighted by atomic mass is 16.5. The summed E-state index contributed by atoms with van der Waals surface area (Å²) in [5.41, 5.74) is 3.66. The molecule has 1 atom stereocenters. The van der Waals surface area contributed by atoms with Crippen molar-refractivity contribution in [3.8, 4) is 11.5 Å². The third-order valence-electron chi connectivity index (χ3n) is 5.13. The van der Waals surface area contributed by atoms with E-state index in [1.165, 1.54) is 7.11 Å². The molecule has 1 N–H and O–H groups in total. The van der Waals surface area contributed by atoms with Crippen molar-refractivity contribution in [1.29, 1.82) is 0 Å². The second-order valence-electron chi connectivity index (χ2n) is 6.90. The van der Waals surface area contributed by atoms with E-state index in [0.717, 1.165) is 23.2 Å². The van der Waals surface area contributed by atoms with Crippen molar-refractivity contribution in [2.75, 3.05) is 31.0 Å². The Bertz CT molecular complexity index is 894. The van der Waals surface area contributed by atoms with E-state index in [1.54, 1.807) is 30.2 Å². The Morgan fingerprint density at radius 2 is 2.00 bits per heavy atom. The highest BCUT2D eigenvalue weighted by Crippen LogP contribution is 2.33. The number of methoxy groups -OCH3 is 2. The zero-order valence-corrected chi connectivity index (χ0v) is 16.7. The molecule has 3 rings (SSSR count). The largest absolute Gasteiger partial charge is 0.497 e. The minimum absolute atomic E-state index is 0.0224. The van der Waals surface area contributed by atoms with Gasteiger partial charge in [-0.15, -0.1) is 0 Å². The number of carbonyl (C=O) groups is 2. The van der Waals surface area contributed by atoms with Gasteiger partial charge in [0.15, 0.2) is 0 Å². The molecule has 6 nitrogen and oxygen atoms in total. The Morgan fingerprint density at radius 3 is 2.68 bits per heavy atom. The van der Waals surface area contributed by atoms with Gasteiger partial charge in [0.25, 0.3) is 0 Å². The van der Waals surface area contributed by atoms with Gasteiger partial charge in [-0.1, -0.05) is 25.1 Å². The Balaban J connectivity index is 1.78. The van der Waals surface area contributed by atoms with Crippen molar-refractivity contribution in [2.24, 2.45) is 5.92 Å². The van der Waals surface area contributed by atoms with Crippen molar-refractivity contribution in [3.63, 3.8) is 0 Å². The Morgan fingerprint density at radius 1 is 1.21 bits per heavy atom. The molecule has 2 aromatic carbocycles. The smallest absolute Gasteiger partial charge is 0.229 e. The molecule has 1 saturated heterocycles. The molecule has 0 aromatic heterocycles. The lowest BCUT2D eigenvalue weighted by atomic mass is 10.0. The van der Waals surface area contributed by atoms with E-state index < -0.39 is 5.92 Å². The van der Waals surface area contributed by atoms with Crippen LogP contribution in [0.15, 0.2) is 36.4 Å². The molecule has 2 aromatic rings. The maximum atomic E-state index is 12.8. The molecule has 148 valence electrons. The first kappa shape index (κ1) is 19.7. The molecule has 0 aliphatic carbocycles. The fourth-order valence-electron chi connectivity index (χ4n) is 3.63. The molecule has 6 heteroatoms. The summed E-state index contributed by atoms with van der Waals surface area (Å²) in [5.74, 6) is 0.533. The number of carbonyl (C=O) groups excluding carboxylic acids is 2. The van der Waals surface area contributed by atoms with Gasteiger partial charge < -0.3 is 19.7 Å². The van der Waals surface area contributed by atoms with Crippen LogP contribution in [-0.4, -0.2) is 32.6 Å². The lowest BCUT2D eigenvalue weighted by Gasteiger charge is -2.22. The number of benzene rings is 2. The standard InChI is InChI=1S/C22H26N2O4/c1-5-15-8-6-7-14(2)21(15)24-13-16(11-20(24)25)22(26)23-18-10-9-17(27-3)12-19(18)28-4/h6-10,12,16H,5,11,13H2,1-4H3,(H,23,26). The van der Waals surface area contributed by atoms with Crippen molar-refractivity contribution in [3.05, 3.63) is 47.5 Å². The number of anilines is 2. The van der Waals surface area contributed by atoms with Crippen LogP contribution in [0, 0.1) is 12.8 Å². The summed E-state index contributed by atoms with van der Waals surface area (Å²) in [6.07, 6.45) is 1.03. The van der Waals surface area contributed by atoms with Crippen molar-refractivity contribution < 1.29 is 19.1 Å². The van der Waals surface area contributed by atoms with Gasteiger partial charge in [-0.3, -0.25) is 9.59 Å². The number of hydrogen-bond acceptors (Lipinski definition) is 4. The molecule has 1 fully saturated rings. The van der Waals surface area contributed by atoms with Crippen LogP contribution < -0.4 is 19.7 Å². The summed E-state index contributed by atoms with van der Waals surface area (Å²) in [4.78, 5) is 27.2. The van der Waals surface area contributed by atoms with Crippen LogP contribution in [0.2, 0.25) is 0 Å². The van der Waals surface area contributed by atoms with Gasteiger partial charge in [-0.05, 0) is 36.6 Å². The molecule has 0 saturated carbocycles. The summed E-state index contributed by atoms with van der Waals surface area (Å²) in [6, 6.07) is 11.2. The minimum Gasteiger partial charge on any atom is -0.497 e. The first-order valence-electron chi connectivity index (χ1n) is 9.40. The Kier molecular flexibility index (Phi) is 5.87. The van der Waals surface area contributed by atoms with Crippen LogP contribution in [0.1, 0.15) is 24.5 Å². The average Bonchev–Trinajstić information content (AvgIpc) is 3.09. The SMILES string of the molecule is CCc1cccc(C)c1N1CC(C(=O)Nc2ccc(OC)cc2OC)CC1=O. The fourth-order valence-corrected chi connectivity index (χ4v) is 3.63. The van der Waals surface area contributed by atoms with Gasteiger partial charge in [0.2, 0.25) is 11.8 Å². The number of rotatable bonds is 6. The second kappa shape index (κ2) is 8.33. The number of para-hydroxylation sites is 1. The first-order chi connectivity index (χ1) is 13.5. The van der Waals surface area contributed by atoms with E-state index in [-0.39, 0.29) is 18.2 Å². The zero-order valence-electron chi connectivity index (χ0n) is 16.7. The molecule has 1 heterocycles. The van der Waals surface area contributed by atoms with Crippen molar-refractivity contribution in [1.82, 2.24) is 0 Å². The Hall–Kier alpha value is -3.02. The average molecular weight is 382 g/mol. The predicted molar refractivity (Wildman–Crippen MR) is 109 cm³/mol. The van der Waals surface area contributed by atoms with E-state index in [1.807, 2.05) is 25.1 Å². The Labute approximate surface area is 165 Å². The molecule has 28 heavy (non-hydrogen) atoms. The molecule has 1 aliphatic heterocycles. The van der Waals surface area contributed by atoms with Crippen LogP contribution in [0.4, 0.5) is 11.4 Å². The first-order valence-corrected chi connectivity index (χ1v) is 9.40. The third kappa shape index (κ3) is 3.81. The maximum Gasteiger partial charge on any atom is 0.229 e. The van der Waals surface area contributed by atoms with Gasteiger partial charge in [-0.25, -0.2) is 0 Å². The fraction of sp³-hybridized carbons (Fsp3) is 0.364. The highest BCUT2D eigenvalue weighted by molar-refractivity contribution is 6.04. The van der Waals surface area contributed by atoms with Crippen molar-refractivity contribution in [2.45, 2.75) is 26.7 Å². The number of ether oxygens (including phenoxy) is 2. The monoisotopic (exact) mass is 382 g/mol. The molecule has 0 spiro atoms. The third-order valence-corrected chi connectivity index (χ3v) is 5.13. The predicted octanol–water partition coefficient (Wildman–Crippen LogP) is 3.57. The number of amides is 2. The number of aryl methyl sites for hydroxylation is 2. The maximum absolute atomic E-state index is 12.8. The molecule has 1 aliphatic rings. The summed E-state index contributed by atoms with van der Waals surface area (Å²) in [7, 11) is 3.11. The van der Waals surface area contributed by atoms with E-state index in [0.29, 0.717) is 23.7 Å². The number of hydrogen-bond donors (Lipinski definition) is 1. The summed E-state index contributed by atoms with van der Waals surface area (Å²) in [6.45, 7) is 4.44. The highest BCUT2D eigenvalue weighted by Gasteiger charge is 2.36. The summed E-state index contributed by atoms with van der Waals surface area (Å²) in [5, 5.41) is 2.89. The molecule has 1 unspecified atom stereocenters. The van der Waals surface area contributed by atoms with Crippen molar-refractivity contribution >= 4 is 23.2 Å².